The summed E-state index contributed by atoms with van der Waals surface area (Å²) < 4.78 is 0. The molecule has 5 rings (SSSR count). The SMILES string of the molecule is CCCc1cc(C)[nH]c(=O)c1CNC(=O)c1cc(/C(C)=C/C=C(\N)N(CC)CCNNC(=O)COOONc2cccc3c2C(=O)N(C2CCC(=O)NC2=O)C3=O)cc(NC(C)C)c1CN. The van der Waals surface area contributed by atoms with Crippen molar-refractivity contribution >= 4 is 52.4 Å². The van der Waals surface area contributed by atoms with E-state index in [1.807, 2.05) is 64.7 Å². The molecule has 2 aliphatic rings. The van der Waals surface area contributed by atoms with Crippen LogP contribution in [0.3, 0.4) is 0 Å². The van der Waals surface area contributed by atoms with Crippen molar-refractivity contribution in [2.45, 2.75) is 92.4 Å². The molecule has 11 N–H and O–H groups in total. The number of nitrogens with zero attached hydrogens (tertiary/aromatic N) is 2. The summed E-state index contributed by atoms with van der Waals surface area (Å²) in [6, 6.07) is 8.90. The van der Waals surface area contributed by atoms with Crippen molar-refractivity contribution in [3.05, 3.63) is 109 Å². The number of carbonyl (C=O) groups is 6. The maximum atomic E-state index is 13.8. The van der Waals surface area contributed by atoms with Gasteiger partial charge in [0.1, 0.15) is 6.04 Å². The van der Waals surface area contributed by atoms with Gasteiger partial charge in [0.2, 0.25) is 11.8 Å². The van der Waals surface area contributed by atoms with Gasteiger partial charge in [0.25, 0.3) is 29.2 Å². The van der Waals surface area contributed by atoms with Gasteiger partial charge in [0.05, 0.1) is 22.6 Å². The molecule has 0 aliphatic carbocycles. The van der Waals surface area contributed by atoms with E-state index in [2.05, 4.69) is 42.3 Å². The van der Waals surface area contributed by atoms with Crippen LogP contribution in [0.5, 0.6) is 0 Å². The Labute approximate surface area is 381 Å². The summed E-state index contributed by atoms with van der Waals surface area (Å²) in [4.78, 5) is 104. The van der Waals surface area contributed by atoms with Crippen LogP contribution in [0.25, 0.3) is 5.57 Å². The lowest BCUT2D eigenvalue weighted by Crippen LogP contribution is -2.54. The lowest BCUT2D eigenvalue weighted by Gasteiger charge is -2.27. The molecule has 3 heterocycles. The number of nitrogens with two attached hydrogens (primary N) is 2. The number of benzene rings is 2. The molecule has 1 atom stereocenters. The van der Waals surface area contributed by atoms with Gasteiger partial charge in [0, 0.05) is 73.3 Å². The van der Waals surface area contributed by atoms with Crippen LogP contribution in [0.4, 0.5) is 11.4 Å². The molecule has 6 amide bonds. The number of aryl methyl sites for hydroxylation is 2. The summed E-state index contributed by atoms with van der Waals surface area (Å²) in [5.74, 6) is -3.21. The fourth-order valence-electron chi connectivity index (χ4n) is 7.53. The lowest BCUT2D eigenvalue weighted by molar-refractivity contribution is -0.498. The number of pyridine rings is 1. The largest absolute Gasteiger partial charge is 0.385 e. The second-order valence-corrected chi connectivity index (χ2v) is 16.0. The van der Waals surface area contributed by atoms with Crippen LogP contribution in [0, 0.1) is 6.92 Å². The Morgan fingerprint density at radius 2 is 1.80 bits per heavy atom. The molecule has 2 aromatic carbocycles. The number of nitrogens with one attached hydrogen (secondary N) is 7. The minimum absolute atomic E-state index is 0.00166. The smallest absolute Gasteiger partial charge is 0.264 e. The number of rotatable bonds is 23. The molecule has 0 saturated carbocycles. The van der Waals surface area contributed by atoms with E-state index in [0.717, 1.165) is 39.4 Å². The number of hydrogen-bond acceptors (Lipinski definition) is 16. The number of allylic oxidation sites excluding steroid dienone is 3. The lowest BCUT2D eigenvalue weighted by atomic mass is 9.96. The highest BCUT2D eigenvalue weighted by molar-refractivity contribution is 6.25. The van der Waals surface area contributed by atoms with Gasteiger partial charge in [0.15, 0.2) is 6.61 Å². The van der Waals surface area contributed by atoms with E-state index in [1.54, 1.807) is 12.1 Å². The van der Waals surface area contributed by atoms with E-state index in [0.29, 0.717) is 42.0 Å². The number of carbonyl (C=O) groups excluding carboxylic acids is 6. The zero-order valence-corrected chi connectivity index (χ0v) is 38.0. The monoisotopic (exact) mass is 913 g/mol. The number of H-pyrrole nitrogens is 1. The van der Waals surface area contributed by atoms with Crippen molar-refractivity contribution in [2.75, 3.05) is 37.0 Å². The maximum Gasteiger partial charge on any atom is 0.264 e. The van der Waals surface area contributed by atoms with Crippen LogP contribution in [0.1, 0.15) is 113 Å². The fraction of sp³-hybridized carbons (Fsp3) is 0.400. The Balaban J connectivity index is 1.11. The molecular weight excluding hydrogens is 855 g/mol. The third kappa shape index (κ3) is 12.5. The minimum Gasteiger partial charge on any atom is -0.385 e. The van der Waals surface area contributed by atoms with Crippen LogP contribution in [0.2, 0.25) is 0 Å². The minimum atomic E-state index is -1.14. The number of aromatic amines is 1. The number of imide groups is 2. The number of piperidine rings is 1. The molecule has 1 fully saturated rings. The van der Waals surface area contributed by atoms with Crippen LogP contribution in [-0.4, -0.2) is 88.6 Å². The molecule has 1 saturated heterocycles. The standard InChI is InChI=1S/C45H59N11O10/c1-7-10-28-19-27(6)51-42(60)33(28)23-48-41(59)31-20-29(21-35(32(31)22-46)50-25(3)4)26(5)13-15-37(47)55(8-2)18-17-49-53-39(58)24-64-66-65-54-34-12-9-11-30-40(34)45(63)56(44(30)62)36-14-16-38(57)52-43(36)61/h9,11-13,15,19-21,25,36,49-50,54H,7-8,10,14,16-18,22-24,46-47H2,1-6H3,(H,48,59)(H,51,60)(H,53,58)(H,52,57,61)/b26-13+,37-15+. The summed E-state index contributed by atoms with van der Waals surface area (Å²) in [6.07, 6.45) is 5.15. The van der Waals surface area contributed by atoms with Gasteiger partial charge in [-0.05, 0) is 106 Å². The molecule has 66 heavy (non-hydrogen) atoms. The Bertz CT molecular complexity index is 2450. The van der Waals surface area contributed by atoms with Gasteiger partial charge in [-0.25, -0.2) is 10.9 Å². The second-order valence-electron chi connectivity index (χ2n) is 16.0. The Morgan fingerprint density at radius 1 is 1.03 bits per heavy atom. The van der Waals surface area contributed by atoms with Crippen LogP contribution >= 0.6 is 0 Å². The number of anilines is 2. The summed E-state index contributed by atoms with van der Waals surface area (Å²) in [7, 11) is 0. The van der Waals surface area contributed by atoms with E-state index >= 15 is 0 Å². The predicted octanol–water partition coefficient (Wildman–Crippen LogP) is 2.30. The summed E-state index contributed by atoms with van der Waals surface area (Å²) >= 11 is 0. The summed E-state index contributed by atoms with van der Waals surface area (Å²) in [5, 5.41) is 13.1. The van der Waals surface area contributed by atoms with Crippen LogP contribution in [-0.2, 0) is 48.8 Å². The molecule has 354 valence electrons. The summed E-state index contributed by atoms with van der Waals surface area (Å²) in [5.41, 5.74) is 25.6. The van der Waals surface area contributed by atoms with Gasteiger partial charge in [-0.1, -0.05) is 30.5 Å². The normalized spacial score (nSPS) is 15.2. The van der Waals surface area contributed by atoms with E-state index in [1.165, 1.54) is 18.2 Å². The highest BCUT2D eigenvalue weighted by atomic mass is 17.5. The Hall–Kier alpha value is -6.91. The first-order chi connectivity index (χ1) is 31.6. The first kappa shape index (κ1) is 50.1. The van der Waals surface area contributed by atoms with Gasteiger partial charge < -0.3 is 32.0 Å². The van der Waals surface area contributed by atoms with E-state index < -0.39 is 42.2 Å². The number of amides is 6. The predicted molar refractivity (Wildman–Crippen MR) is 244 cm³/mol. The zero-order valence-electron chi connectivity index (χ0n) is 38.0. The third-order valence-electron chi connectivity index (χ3n) is 10.8. The van der Waals surface area contributed by atoms with Crippen molar-refractivity contribution in [3.63, 3.8) is 0 Å². The number of fused-ring (bicyclic) bond motifs is 1. The van der Waals surface area contributed by atoms with Gasteiger partial charge in [-0.2, -0.15) is 4.89 Å². The average molecular weight is 914 g/mol. The number of hydrazine groups is 1. The molecule has 21 heteroatoms. The van der Waals surface area contributed by atoms with Gasteiger partial charge >= 0.3 is 0 Å². The van der Waals surface area contributed by atoms with Crippen molar-refractivity contribution in [1.82, 2.24) is 36.3 Å². The quantitative estimate of drug-likeness (QED) is 0.0217. The molecule has 0 spiro atoms. The molecule has 2 aliphatic heterocycles. The first-order valence-electron chi connectivity index (χ1n) is 21.7. The van der Waals surface area contributed by atoms with Gasteiger partial charge in [-0.3, -0.25) is 49.2 Å². The van der Waals surface area contributed by atoms with E-state index in [9.17, 15) is 33.6 Å². The number of likely N-dealkylation sites (N-methyl/N-ethyl adjacent to an activating group) is 1. The summed E-state index contributed by atoms with van der Waals surface area (Å²) in [6.45, 7) is 12.5. The molecule has 3 aromatic rings. The highest BCUT2D eigenvalue weighted by Gasteiger charge is 2.45. The topological polar surface area (TPSA) is 294 Å². The maximum absolute atomic E-state index is 13.8. The van der Waals surface area contributed by atoms with Crippen molar-refractivity contribution in [2.24, 2.45) is 11.5 Å². The molecular formula is C45H59N11O10. The number of aromatic nitrogens is 1. The second kappa shape index (κ2) is 23.3. The number of hydrogen-bond donors (Lipinski definition) is 9. The highest BCUT2D eigenvalue weighted by Crippen LogP contribution is 2.33. The fourth-order valence-corrected chi connectivity index (χ4v) is 7.53. The molecule has 1 unspecified atom stereocenters. The van der Waals surface area contributed by atoms with Crippen LogP contribution < -0.4 is 49.3 Å². The average Bonchev–Trinajstić information content (AvgIpc) is 3.53. The Kier molecular flexibility index (Phi) is 17.7. The van der Waals surface area contributed by atoms with E-state index in [-0.39, 0.29) is 66.8 Å². The first-order valence-corrected chi connectivity index (χ1v) is 21.7. The zero-order chi connectivity index (χ0) is 48.1. The van der Waals surface area contributed by atoms with Crippen molar-refractivity contribution in [3.8, 4) is 0 Å². The van der Waals surface area contributed by atoms with Gasteiger partial charge in [-0.15, -0.1) is 0 Å². The Morgan fingerprint density at radius 3 is 2.50 bits per heavy atom. The van der Waals surface area contributed by atoms with Crippen LogP contribution in [0.15, 0.2) is 59.2 Å². The van der Waals surface area contributed by atoms with Crippen molar-refractivity contribution < 1.29 is 43.7 Å². The third-order valence-corrected chi connectivity index (χ3v) is 10.8. The molecule has 0 radical (unpaired) electrons. The molecule has 1 aromatic heterocycles. The molecule has 21 nitrogen and oxygen atoms in total. The van der Waals surface area contributed by atoms with E-state index in [4.69, 9.17) is 21.3 Å². The molecule has 0 bridgehead atoms. The van der Waals surface area contributed by atoms with Crippen molar-refractivity contribution in [1.29, 1.82) is 0 Å².